The Morgan fingerprint density at radius 1 is 0.833 bits per heavy atom. The van der Waals surface area contributed by atoms with Gasteiger partial charge in [-0.15, -0.1) is 0 Å². The fourth-order valence-corrected chi connectivity index (χ4v) is 3.26. The van der Waals surface area contributed by atoms with Crippen LogP contribution < -0.4 is 0 Å². The van der Waals surface area contributed by atoms with E-state index in [1.54, 1.807) is 38.0 Å². The van der Waals surface area contributed by atoms with E-state index in [1.165, 1.54) is 0 Å². The SMILES string of the molecule is CN(C)C(=O)[C@@H]1[C@H](C(=O)N(C)C)[C@@H]2C=C[C@H]1CC2. The third-order valence-corrected chi connectivity index (χ3v) is 4.20. The summed E-state index contributed by atoms with van der Waals surface area (Å²) in [5.41, 5.74) is 0. The van der Waals surface area contributed by atoms with Gasteiger partial charge in [-0.2, -0.15) is 0 Å². The Balaban J connectivity index is 2.32. The third-order valence-electron chi connectivity index (χ3n) is 4.20. The molecule has 3 rings (SSSR count). The van der Waals surface area contributed by atoms with E-state index in [4.69, 9.17) is 0 Å². The first-order valence-electron chi connectivity index (χ1n) is 6.54. The topological polar surface area (TPSA) is 40.6 Å². The van der Waals surface area contributed by atoms with Gasteiger partial charge >= 0.3 is 0 Å². The lowest BCUT2D eigenvalue weighted by molar-refractivity contribution is -0.149. The first-order chi connectivity index (χ1) is 8.43. The van der Waals surface area contributed by atoms with Crippen molar-refractivity contribution in [2.24, 2.45) is 23.7 Å². The summed E-state index contributed by atoms with van der Waals surface area (Å²) in [6, 6.07) is 0. The van der Waals surface area contributed by atoms with E-state index < -0.39 is 0 Å². The van der Waals surface area contributed by atoms with Crippen LogP contribution in [-0.2, 0) is 9.59 Å². The maximum Gasteiger partial charge on any atom is 0.226 e. The summed E-state index contributed by atoms with van der Waals surface area (Å²) in [6.07, 6.45) is 6.34. The van der Waals surface area contributed by atoms with Gasteiger partial charge in [-0.3, -0.25) is 9.59 Å². The summed E-state index contributed by atoms with van der Waals surface area (Å²) in [7, 11) is 7.08. The lowest BCUT2D eigenvalue weighted by atomic mass is 9.61. The molecule has 2 amide bonds. The molecule has 0 saturated heterocycles. The molecule has 0 aromatic heterocycles. The van der Waals surface area contributed by atoms with Gasteiger partial charge in [-0.25, -0.2) is 0 Å². The van der Waals surface area contributed by atoms with Crippen molar-refractivity contribution in [3.8, 4) is 0 Å². The second kappa shape index (κ2) is 4.75. The standard InChI is InChI=1S/C14H22N2O2/c1-15(2)13(17)11-9-5-7-10(8-6-9)12(11)14(18)16(3)4/h5,7,9-12H,6,8H2,1-4H3/t9-,10+,11-,12+. The summed E-state index contributed by atoms with van der Waals surface area (Å²) in [6.45, 7) is 0. The van der Waals surface area contributed by atoms with Crippen LogP contribution >= 0.6 is 0 Å². The zero-order valence-electron chi connectivity index (χ0n) is 11.6. The Bertz CT molecular complexity index is 351. The molecule has 4 nitrogen and oxygen atoms in total. The highest BCUT2D eigenvalue weighted by atomic mass is 16.2. The van der Waals surface area contributed by atoms with Gasteiger partial charge in [0.1, 0.15) is 0 Å². The van der Waals surface area contributed by atoms with Crippen molar-refractivity contribution in [3.63, 3.8) is 0 Å². The summed E-state index contributed by atoms with van der Waals surface area (Å²) < 4.78 is 0. The van der Waals surface area contributed by atoms with Crippen LogP contribution in [0.3, 0.4) is 0 Å². The second-order valence-electron chi connectivity index (χ2n) is 5.81. The third kappa shape index (κ3) is 2.04. The Morgan fingerprint density at radius 2 is 1.17 bits per heavy atom. The summed E-state index contributed by atoms with van der Waals surface area (Å²) in [5, 5.41) is 0. The molecule has 1 fully saturated rings. The number of amides is 2. The van der Waals surface area contributed by atoms with E-state index >= 15 is 0 Å². The van der Waals surface area contributed by atoms with E-state index in [2.05, 4.69) is 12.2 Å². The average Bonchev–Trinajstić information content (AvgIpc) is 2.37. The molecule has 0 radical (unpaired) electrons. The molecule has 0 aromatic rings. The van der Waals surface area contributed by atoms with Crippen molar-refractivity contribution < 1.29 is 9.59 Å². The molecule has 0 aliphatic heterocycles. The molecular formula is C14H22N2O2. The zero-order chi connectivity index (χ0) is 13.4. The molecule has 4 atom stereocenters. The largest absolute Gasteiger partial charge is 0.349 e. The number of allylic oxidation sites excluding steroid dienone is 2. The number of rotatable bonds is 2. The van der Waals surface area contributed by atoms with Crippen molar-refractivity contribution in [2.45, 2.75) is 12.8 Å². The van der Waals surface area contributed by atoms with Crippen LogP contribution in [0.5, 0.6) is 0 Å². The van der Waals surface area contributed by atoms with Crippen molar-refractivity contribution in [2.75, 3.05) is 28.2 Å². The molecule has 1 saturated carbocycles. The highest BCUT2D eigenvalue weighted by Gasteiger charge is 2.48. The molecule has 4 heteroatoms. The van der Waals surface area contributed by atoms with E-state index in [-0.39, 0.29) is 35.5 Å². The van der Waals surface area contributed by atoms with Gasteiger partial charge in [0.2, 0.25) is 11.8 Å². The van der Waals surface area contributed by atoms with Crippen LogP contribution in [0.15, 0.2) is 12.2 Å². The molecule has 18 heavy (non-hydrogen) atoms. The van der Waals surface area contributed by atoms with Crippen LogP contribution in [0.2, 0.25) is 0 Å². The van der Waals surface area contributed by atoms with Crippen molar-refractivity contribution in [1.29, 1.82) is 0 Å². The van der Waals surface area contributed by atoms with E-state index in [0.717, 1.165) is 12.8 Å². The van der Waals surface area contributed by atoms with Gasteiger partial charge in [0.05, 0.1) is 11.8 Å². The molecule has 3 aliphatic carbocycles. The normalized spacial score (nSPS) is 33.3. The predicted octanol–water partition coefficient (Wildman–Crippen LogP) is 0.991. The van der Waals surface area contributed by atoms with Gasteiger partial charge in [-0.05, 0) is 24.7 Å². The predicted molar refractivity (Wildman–Crippen MR) is 69.7 cm³/mol. The number of hydrogen-bond acceptors (Lipinski definition) is 2. The monoisotopic (exact) mass is 250 g/mol. The quantitative estimate of drug-likeness (QED) is 0.686. The Kier molecular flexibility index (Phi) is 3.46. The maximum atomic E-state index is 12.3. The highest BCUT2D eigenvalue weighted by Crippen LogP contribution is 2.45. The number of nitrogens with zero attached hydrogens (tertiary/aromatic N) is 2. The number of fused-ring (bicyclic) bond motifs is 2. The van der Waals surface area contributed by atoms with Gasteiger partial charge in [0.15, 0.2) is 0 Å². The summed E-state index contributed by atoms with van der Waals surface area (Å²) in [5.74, 6) is 0.318. The molecule has 0 aromatic carbocycles. The summed E-state index contributed by atoms with van der Waals surface area (Å²) in [4.78, 5) is 27.9. The molecule has 0 heterocycles. The Labute approximate surface area is 109 Å². The van der Waals surface area contributed by atoms with Crippen molar-refractivity contribution in [1.82, 2.24) is 9.80 Å². The Hall–Kier alpha value is -1.32. The van der Waals surface area contributed by atoms with Crippen LogP contribution in [0.1, 0.15) is 12.8 Å². The first-order valence-corrected chi connectivity index (χ1v) is 6.54. The van der Waals surface area contributed by atoms with Crippen molar-refractivity contribution in [3.05, 3.63) is 12.2 Å². The smallest absolute Gasteiger partial charge is 0.226 e. The van der Waals surface area contributed by atoms with Crippen LogP contribution in [0.4, 0.5) is 0 Å². The number of hydrogen-bond donors (Lipinski definition) is 0. The second-order valence-corrected chi connectivity index (χ2v) is 5.81. The van der Waals surface area contributed by atoms with Gasteiger partial charge < -0.3 is 9.80 Å². The minimum atomic E-state index is -0.168. The average molecular weight is 250 g/mol. The molecular weight excluding hydrogens is 228 g/mol. The van der Waals surface area contributed by atoms with Crippen LogP contribution in [-0.4, -0.2) is 49.8 Å². The molecule has 3 aliphatic rings. The zero-order valence-corrected chi connectivity index (χ0v) is 11.6. The fraction of sp³-hybridized carbons (Fsp3) is 0.714. The van der Waals surface area contributed by atoms with E-state index in [1.807, 2.05) is 0 Å². The molecule has 0 N–H and O–H groups in total. The minimum Gasteiger partial charge on any atom is -0.349 e. The lowest BCUT2D eigenvalue weighted by Crippen LogP contribution is -2.51. The number of carbonyl (C=O) groups is 2. The fourth-order valence-electron chi connectivity index (χ4n) is 3.26. The van der Waals surface area contributed by atoms with Gasteiger partial charge in [-0.1, -0.05) is 12.2 Å². The van der Waals surface area contributed by atoms with Crippen LogP contribution in [0, 0.1) is 23.7 Å². The molecule has 100 valence electrons. The maximum absolute atomic E-state index is 12.3. The lowest BCUT2D eigenvalue weighted by Gasteiger charge is -2.44. The minimum absolute atomic E-state index is 0.0919. The van der Waals surface area contributed by atoms with Crippen LogP contribution in [0.25, 0.3) is 0 Å². The summed E-state index contributed by atoms with van der Waals surface area (Å²) >= 11 is 0. The van der Waals surface area contributed by atoms with Crippen molar-refractivity contribution >= 4 is 11.8 Å². The first kappa shape index (κ1) is 13.1. The Morgan fingerprint density at radius 3 is 1.39 bits per heavy atom. The highest BCUT2D eigenvalue weighted by molar-refractivity contribution is 5.88. The van der Waals surface area contributed by atoms with Gasteiger partial charge in [0, 0.05) is 28.2 Å². The van der Waals surface area contributed by atoms with E-state index in [9.17, 15) is 9.59 Å². The van der Waals surface area contributed by atoms with E-state index in [0.29, 0.717) is 0 Å². The van der Waals surface area contributed by atoms with Gasteiger partial charge in [0.25, 0.3) is 0 Å². The molecule has 0 spiro atoms. The number of carbonyl (C=O) groups excluding carboxylic acids is 2. The molecule has 0 unspecified atom stereocenters. The molecule has 2 bridgehead atoms.